The SMILES string of the molecule is CC1(C)c2cc(/C=C/c3ccc4c(ccc5cc(N6c7ccccc7[Si]7(CCCC7)c7ccccc76)ccc54)c3)ccc2-c2ccc(N3CCCc4ccccc43)cc21. The maximum absolute atomic E-state index is 2.55. The summed E-state index contributed by atoms with van der Waals surface area (Å²) in [4.78, 5) is 5.07. The number of aryl methyl sites for hydroxylation is 1. The van der Waals surface area contributed by atoms with E-state index in [1.54, 1.807) is 10.4 Å². The van der Waals surface area contributed by atoms with Crippen molar-refractivity contribution < 1.29 is 0 Å². The van der Waals surface area contributed by atoms with Crippen LogP contribution in [-0.4, -0.2) is 14.6 Å². The molecule has 8 aromatic carbocycles. The third-order valence-corrected chi connectivity index (χ3v) is 19.8. The van der Waals surface area contributed by atoms with Crippen molar-refractivity contribution in [3.8, 4) is 11.1 Å². The number of rotatable bonds is 4. The molecule has 1 fully saturated rings. The second-order valence-electron chi connectivity index (χ2n) is 18.0. The molecule has 4 aliphatic rings. The summed E-state index contributed by atoms with van der Waals surface area (Å²) in [5.41, 5.74) is 16.1. The Morgan fingerprint density at radius 1 is 0.508 bits per heavy atom. The van der Waals surface area contributed by atoms with Gasteiger partial charge in [0.15, 0.2) is 0 Å². The highest BCUT2D eigenvalue weighted by Crippen LogP contribution is 2.51. The van der Waals surface area contributed by atoms with Gasteiger partial charge >= 0.3 is 0 Å². The van der Waals surface area contributed by atoms with Gasteiger partial charge in [-0.3, -0.25) is 0 Å². The van der Waals surface area contributed by atoms with Gasteiger partial charge in [0.1, 0.15) is 8.07 Å². The zero-order chi connectivity index (χ0) is 39.3. The Balaban J connectivity index is 0.837. The predicted octanol–water partition coefficient (Wildman–Crippen LogP) is 13.7. The second-order valence-corrected chi connectivity index (χ2v) is 22.2. The first-order valence-electron chi connectivity index (χ1n) is 21.8. The van der Waals surface area contributed by atoms with Crippen LogP contribution in [0.5, 0.6) is 0 Å². The van der Waals surface area contributed by atoms with Gasteiger partial charge in [-0.2, -0.15) is 0 Å². The monoisotopic (exact) mass is 776 g/mol. The van der Waals surface area contributed by atoms with Crippen LogP contribution in [0.3, 0.4) is 0 Å². The van der Waals surface area contributed by atoms with E-state index in [1.165, 1.54) is 120 Å². The summed E-state index contributed by atoms with van der Waals surface area (Å²) in [6.07, 6.45) is 9.63. The molecule has 1 spiro atoms. The van der Waals surface area contributed by atoms with Crippen LogP contribution in [0.1, 0.15) is 60.9 Å². The fraction of sp³-hybridized carbons (Fsp3) is 0.179. The maximum atomic E-state index is 2.55. The van der Waals surface area contributed by atoms with Gasteiger partial charge < -0.3 is 9.80 Å². The molecule has 2 nitrogen and oxygen atoms in total. The molecule has 286 valence electrons. The molecular formula is C56H48N2Si. The number of para-hydroxylation sites is 3. The predicted molar refractivity (Wildman–Crippen MR) is 255 cm³/mol. The van der Waals surface area contributed by atoms with Gasteiger partial charge in [0.25, 0.3) is 0 Å². The van der Waals surface area contributed by atoms with Gasteiger partial charge in [-0.05, 0) is 144 Å². The van der Waals surface area contributed by atoms with Crippen molar-refractivity contribution in [1.82, 2.24) is 0 Å². The van der Waals surface area contributed by atoms with Crippen LogP contribution in [0.25, 0.3) is 44.8 Å². The van der Waals surface area contributed by atoms with E-state index in [4.69, 9.17) is 0 Å². The highest BCUT2D eigenvalue weighted by Gasteiger charge is 2.47. The Morgan fingerprint density at radius 2 is 1.08 bits per heavy atom. The topological polar surface area (TPSA) is 6.48 Å². The Labute approximate surface area is 349 Å². The lowest BCUT2D eigenvalue weighted by atomic mass is 9.81. The molecule has 0 unspecified atom stereocenters. The van der Waals surface area contributed by atoms with Gasteiger partial charge in [-0.1, -0.05) is 148 Å². The molecule has 0 N–H and O–H groups in total. The zero-order valence-corrected chi connectivity index (χ0v) is 35.0. The van der Waals surface area contributed by atoms with Crippen molar-refractivity contribution in [1.29, 1.82) is 0 Å². The summed E-state index contributed by atoms with van der Waals surface area (Å²) in [7, 11) is -1.75. The minimum atomic E-state index is -1.75. The van der Waals surface area contributed by atoms with E-state index in [9.17, 15) is 0 Å². The Morgan fingerprint density at radius 3 is 1.83 bits per heavy atom. The average Bonchev–Trinajstić information content (AvgIpc) is 3.86. The van der Waals surface area contributed by atoms with Gasteiger partial charge in [0.05, 0.1) is 0 Å². The van der Waals surface area contributed by atoms with E-state index in [0.29, 0.717) is 0 Å². The zero-order valence-electron chi connectivity index (χ0n) is 34.0. The average molecular weight is 777 g/mol. The van der Waals surface area contributed by atoms with Crippen LogP contribution >= 0.6 is 0 Å². The normalized spacial score (nSPS) is 17.0. The minimum Gasteiger partial charge on any atom is -0.341 e. The van der Waals surface area contributed by atoms with Crippen LogP contribution < -0.4 is 20.2 Å². The third-order valence-electron chi connectivity index (χ3n) is 14.5. The molecule has 1 saturated heterocycles. The summed E-state index contributed by atoms with van der Waals surface area (Å²) in [5.74, 6) is 0. The van der Waals surface area contributed by atoms with E-state index in [2.05, 4.69) is 194 Å². The summed E-state index contributed by atoms with van der Waals surface area (Å²) < 4.78 is 0. The first kappa shape index (κ1) is 34.8. The van der Waals surface area contributed by atoms with Crippen LogP contribution in [0.4, 0.5) is 28.4 Å². The van der Waals surface area contributed by atoms with Gasteiger partial charge in [-0.15, -0.1) is 0 Å². The van der Waals surface area contributed by atoms with Crippen molar-refractivity contribution in [3.63, 3.8) is 0 Å². The quantitative estimate of drug-likeness (QED) is 0.0998. The van der Waals surface area contributed by atoms with Crippen molar-refractivity contribution in [2.24, 2.45) is 0 Å². The molecule has 0 atom stereocenters. The van der Waals surface area contributed by atoms with Crippen molar-refractivity contribution >= 4 is 80.6 Å². The molecule has 0 saturated carbocycles. The van der Waals surface area contributed by atoms with Crippen LogP contribution in [-0.2, 0) is 11.8 Å². The molecule has 3 heteroatoms. The number of fused-ring (bicyclic) bond motifs is 11. The Hall–Kier alpha value is -6.16. The number of anilines is 5. The van der Waals surface area contributed by atoms with Gasteiger partial charge in [-0.25, -0.2) is 0 Å². The molecule has 0 bridgehead atoms. The molecule has 12 rings (SSSR count). The molecule has 0 radical (unpaired) electrons. The highest BCUT2D eigenvalue weighted by molar-refractivity contribution is 7.05. The first-order chi connectivity index (χ1) is 29.0. The molecular weight excluding hydrogens is 729 g/mol. The van der Waals surface area contributed by atoms with Crippen LogP contribution in [0, 0.1) is 0 Å². The summed E-state index contributed by atoms with van der Waals surface area (Å²) in [6, 6.07) is 63.2. The smallest absolute Gasteiger partial charge is 0.123 e. The second kappa shape index (κ2) is 13.2. The first-order valence-corrected chi connectivity index (χ1v) is 24.2. The van der Waals surface area contributed by atoms with E-state index in [0.717, 1.165) is 13.0 Å². The Kier molecular flexibility index (Phi) is 7.78. The number of hydrogen-bond donors (Lipinski definition) is 0. The lowest BCUT2D eigenvalue weighted by Gasteiger charge is -2.42. The highest BCUT2D eigenvalue weighted by atomic mass is 28.3. The van der Waals surface area contributed by atoms with Gasteiger partial charge in [0, 0.05) is 40.4 Å². The lowest BCUT2D eigenvalue weighted by molar-refractivity contribution is 0.659. The van der Waals surface area contributed by atoms with Gasteiger partial charge in [0.2, 0.25) is 0 Å². The molecule has 1 aliphatic carbocycles. The van der Waals surface area contributed by atoms with E-state index < -0.39 is 8.07 Å². The molecule has 59 heavy (non-hydrogen) atoms. The minimum absolute atomic E-state index is 0.0790. The number of nitrogens with zero attached hydrogens (tertiary/aromatic N) is 2. The van der Waals surface area contributed by atoms with E-state index >= 15 is 0 Å². The summed E-state index contributed by atoms with van der Waals surface area (Å²) in [5, 5.41) is 8.40. The molecule has 0 aromatic heterocycles. The molecule has 0 amide bonds. The third kappa shape index (κ3) is 5.30. The molecule has 3 heterocycles. The van der Waals surface area contributed by atoms with Crippen molar-refractivity contribution in [3.05, 3.63) is 186 Å². The molecule has 3 aliphatic heterocycles. The van der Waals surface area contributed by atoms with Crippen LogP contribution in [0.2, 0.25) is 12.1 Å². The summed E-state index contributed by atoms with van der Waals surface area (Å²) >= 11 is 0. The van der Waals surface area contributed by atoms with Crippen LogP contribution in [0.15, 0.2) is 158 Å². The largest absolute Gasteiger partial charge is 0.341 e. The maximum Gasteiger partial charge on any atom is 0.123 e. The standard InChI is InChI=1S/C56H48N2Si/c1-56(2)49-35-39(22-28-47(49)48-30-25-43(37-50(48)56)57-31-11-13-40-12-3-4-14-51(40)57)20-19-38-21-27-45-41(34-38)23-24-42-36-44(26-29-46(42)45)58-52-15-5-7-17-54(52)59(32-9-10-33-59)55-18-8-6-16-53(55)58/h3-8,12,14-30,34-37H,9-11,13,31-33H2,1-2H3/b20-19+. The van der Waals surface area contributed by atoms with E-state index in [-0.39, 0.29) is 5.41 Å². The number of hydrogen-bond acceptors (Lipinski definition) is 2. The lowest BCUT2D eigenvalue weighted by Crippen LogP contribution is -2.60. The summed E-state index contributed by atoms with van der Waals surface area (Å²) in [6.45, 7) is 5.86. The fourth-order valence-electron chi connectivity index (χ4n) is 11.5. The molecule has 8 aromatic rings. The fourth-order valence-corrected chi connectivity index (χ4v) is 17.1. The van der Waals surface area contributed by atoms with Crippen molar-refractivity contribution in [2.45, 2.75) is 57.0 Å². The van der Waals surface area contributed by atoms with Crippen molar-refractivity contribution in [2.75, 3.05) is 16.3 Å². The van der Waals surface area contributed by atoms with E-state index in [1.807, 2.05) is 0 Å². The number of benzene rings is 8. The Bertz CT molecular complexity index is 2990.